The summed E-state index contributed by atoms with van der Waals surface area (Å²) in [5.41, 5.74) is 11.2. The number of rotatable bonds is 4. The smallest absolute Gasteiger partial charge is 0.0468 e. The molecule has 8 aromatic carbocycles. The van der Waals surface area contributed by atoms with Crippen LogP contribution in [-0.4, -0.2) is 0 Å². The quantitative estimate of drug-likeness (QED) is 0.185. The summed E-state index contributed by atoms with van der Waals surface area (Å²) in [4.78, 5) is 2.43. The lowest BCUT2D eigenvalue weighted by Crippen LogP contribution is -2.15. The Balaban J connectivity index is 1.28. The lowest BCUT2D eigenvalue weighted by molar-refractivity contribution is 0.660. The zero-order valence-corrected chi connectivity index (χ0v) is 26.0. The molecule has 0 aromatic heterocycles. The Morgan fingerprint density at radius 2 is 0.978 bits per heavy atom. The van der Waals surface area contributed by atoms with Gasteiger partial charge >= 0.3 is 0 Å². The zero-order chi connectivity index (χ0) is 30.8. The van der Waals surface area contributed by atoms with Gasteiger partial charge in [-0.25, -0.2) is 0 Å². The standard InChI is InChI=1S/C45H33N/c1-45(2)43-18-9-8-17-40(43)42-29-36(23-26-44(42)45)46(34-15-10-14-33(27-34)30-11-4-3-5-12-30)35-22-19-32-21-24-38-37-16-7-6-13-31(37)20-25-39(38)41(32)28-35/h3-29H,1-2H3. The molecule has 218 valence electrons. The van der Waals surface area contributed by atoms with Gasteiger partial charge in [0.2, 0.25) is 0 Å². The lowest BCUT2D eigenvalue weighted by atomic mass is 9.82. The van der Waals surface area contributed by atoms with Gasteiger partial charge in [0, 0.05) is 22.5 Å². The zero-order valence-electron chi connectivity index (χ0n) is 26.0. The average molecular weight is 588 g/mol. The maximum absolute atomic E-state index is 2.43. The lowest BCUT2D eigenvalue weighted by Gasteiger charge is -2.28. The molecule has 0 radical (unpaired) electrons. The van der Waals surface area contributed by atoms with Crippen molar-refractivity contribution in [3.8, 4) is 22.3 Å². The van der Waals surface area contributed by atoms with Crippen molar-refractivity contribution in [2.45, 2.75) is 19.3 Å². The van der Waals surface area contributed by atoms with Gasteiger partial charge in [0.05, 0.1) is 0 Å². The predicted molar refractivity (Wildman–Crippen MR) is 197 cm³/mol. The Bertz CT molecular complexity index is 2450. The molecule has 0 unspecified atom stereocenters. The minimum Gasteiger partial charge on any atom is -0.310 e. The van der Waals surface area contributed by atoms with Crippen LogP contribution in [-0.2, 0) is 5.41 Å². The van der Waals surface area contributed by atoms with Gasteiger partial charge in [-0.15, -0.1) is 0 Å². The fourth-order valence-corrected chi connectivity index (χ4v) is 7.69. The van der Waals surface area contributed by atoms with Crippen LogP contribution in [0.1, 0.15) is 25.0 Å². The molecule has 0 bridgehead atoms. The predicted octanol–water partition coefficient (Wildman–Crippen LogP) is 12.6. The maximum Gasteiger partial charge on any atom is 0.0468 e. The highest BCUT2D eigenvalue weighted by atomic mass is 15.1. The SMILES string of the molecule is CC1(C)c2ccccc2-c2cc(N(c3cccc(-c4ccccc4)c3)c3ccc4ccc5c6ccccc6ccc5c4c3)ccc21. The topological polar surface area (TPSA) is 3.24 Å². The van der Waals surface area contributed by atoms with Crippen LogP contribution in [0.15, 0.2) is 164 Å². The first-order chi connectivity index (χ1) is 22.6. The number of hydrogen-bond acceptors (Lipinski definition) is 1. The molecule has 9 rings (SSSR count). The molecule has 0 amide bonds. The second-order valence-electron chi connectivity index (χ2n) is 13.0. The molecule has 1 heteroatoms. The van der Waals surface area contributed by atoms with Crippen LogP contribution in [0.4, 0.5) is 17.1 Å². The maximum atomic E-state index is 2.43. The van der Waals surface area contributed by atoms with Crippen molar-refractivity contribution >= 4 is 49.4 Å². The van der Waals surface area contributed by atoms with E-state index in [2.05, 4.69) is 183 Å². The molecule has 0 saturated carbocycles. The van der Waals surface area contributed by atoms with Gasteiger partial charge in [-0.2, -0.15) is 0 Å². The van der Waals surface area contributed by atoms with E-state index in [9.17, 15) is 0 Å². The number of anilines is 3. The van der Waals surface area contributed by atoms with E-state index in [1.165, 1.54) is 65.7 Å². The van der Waals surface area contributed by atoms with Crippen LogP contribution < -0.4 is 4.90 Å². The fourth-order valence-electron chi connectivity index (χ4n) is 7.69. The van der Waals surface area contributed by atoms with Gasteiger partial charge in [-0.3, -0.25) is 0 Å². The summed E-state index contributed by atoms with van der Waals surface area (Å²) in [7, 11) is 0. The molecule has 0 spiro atoms. The fraction of sp³-hybridized carbons (Fsp3) is 0.0667. The molecule has 46 heavy (non-hydrogen) atoms. The first-order valence-corrected chi connectivity index (χ1v) is 16.1. The Hall–Kier alpha value is -5.66. The summed E-state index contributed by atoms with van der Waals surface area (Å²) >= 11 is 0. The Morgan fingerprint density at radius 1 is 0.370 bits per heavy atom. The molecule has 1 aliphatic rings. The summed E-state index contributed by atoms with van der Waals surface area (Å²) in [6.07, 6.45) is 0. The van der Waals surface area contributed by atoms with Crippen molar-refractivity contribution in [2.75, 3.05) is 4.90 Å². The first-order valence-electron chi connectivity index (χ1n) is 16.1. The second-order valence-corrected chi connectivity index (χ2v) is 13.0. The third kappa shape index (κ3) is 4.09. The van der Waals surface area contributed by atoms with Gasteiger partial charge in [-0.1, -0.05) is 141 Å². The molecular formula is C45H33N. The Kier molecular flexibility index (Phi) is 5.92. The van der Waals surface area contributed by atoms with Gasteiger partial charge in [0.1, 0.15) is 0 Å². The normalized spacial score (nSPS) is 13.2. The molecule has 8 aromatic rings. The van der Waals surface area contributed by atoms with E-state index >= 15 is 0 Å². The second kappa shape index (κ2) is 10.2. The molecular weight excluding hydrogens is 555 g/mol. The summed E-state index contributed by atoms with van der Waals surface area (Å²) < 4.78 is 0. The van der Waals surface area contributed by atoms with Crippen LogP contribution in [0.5, 0.6) is 0 Å². The van der Waals surface area contributed by atoms with Crippen LogP contribution in [0.2, 0.25) is 0 Å². The van der Waals surface area contributed by atoms with Crippen LogP contribution in [0.3, 0.4) is 0 Å². The number of hydrogen-bond donors (Lipinski definition) is 0. The van der Waals surface area contributed by atoms with Crippen LogP contribution in [0.25, 0.3) is 54.6 Å². The summed E-state index contributed by atoms with van der Waals surface area (Å²) in [5, 5.41) is 7.63. The van der Waals surface area contributed by atoms with E-state index in [0.717, 1.165) is 17.1 Å². The van der Waals surface area contributed by atoms with Gasteiger partial charge in [0.25, 0.3) is 0 Å². The summed E-state index contributed by atoms with van der Waals surface area (Å²) in [6, 6.07) is 60.3. The van der Waals surface area contributed by atoms with E-state index in [0.29, 0.717) is 0 Å². The largest absolute Gasteiger partial charge is 0.310 e. The summed E-state index contributed by atoms with van der Waals surface area (Å²) in [6.45, 7) is 4.69. The van der Waals surface area contributed by atoms with Crippen molar-refractivity contribution in [3.63, 3.8) is 0 Å². The van der Waals surface area contributed by atoms with E-state index in [-0.39, 0.29) is 5.41 Å². The minimum atomic E-state index is -0.0346. The van der Waals surface area contributed by atoms with Gasteiger partial charge < -0.3 is 4.90 Å². The van der Waals surface area contributed by atoms with Crippen molar-refractivity contribution in [3.05, 3.63) is 175 Å². The molecule has 0 fully saturated rings. The first kappa shape index (κ1) is 26.7. The molecule has 0 atom stereocenters. The molecule has 0 N–H and O–H groups in total. The van der Waals surface area contributed by atoms with Crippen LogP contribution >= 0.6 is 0 Å². The van der Waals surface area contributed by atoms with Crippen molar-refractivity contribution < 1.29 is 0 Å². The Morgan fingerprint density at radius 3 is 1.85 bits per heavy atom. The third-order valence-electron chi connectivity index (χ3n) is 10.0. The molecule has 1 aliphatic carbocycles. The van der Waals surface area contributed by atoms with Crippen molar-refractivity contribution in [2.24, 2.45) is 0 Å². The van der Waals surface area contributed by atoms with E-state index < -0.39 is 0 Å². The average Bonchev–Trinajstić information content (AvgIpc) is 3.34. The Labute approximate surface area is 270 Å². The highest BCUT2D eigenvalue weighted by Gasteiger charge is 2.35. The van der Waals surface area contributed by atoms with Crippen molar-refractivity contribution in [1.82, 2.24) is 0 Å². The molecule has 1 nitrogen and oxygen atoms in total. The van der Waals surface area contributed by atoms with E-state index in [1.54, 1.807) is 0 Å². The van der Waals surface area contributed by atoms with Crippen molar-refractivity contribution in [1.29, 1.82) is 0 Å². The third-order valence-corrected chi connectivity index (χ3v) is 10.0. The highest BCUT2D eigenvalue weighted by Crippen LogP contribution is 2.51. The summed E-state index contributed by atoms with van der Waals surface area (Å²) in [5.74, 6) is 0. The number of benzene rings is 8. The molecule has 0 heterocycles. The highest BCUT2D eigenvalue weighted by molar-refractivity contribution is 6.17. The monoisotopic (exact) mass is 587 g/mol. The van der Waals surface area contributed by atoms with E-state index in [1.807, 2.05) is 0 Å². The van der Waals surface area contributed by atoms with Crippen LogP contribution in [0, 0.1) is 0 Å². The molecule has 0 saturated heterocycles. The van der Waals surface area contributed by atoms with Gasteiger partial charge in [0.15, 0.2) is 0 Å². The van der Waals surface area contributed by atoms with E-state index in [4.69, 9.17) is 0 Å². The minimum absolute atomic E-state index is 0.0346. The number of nitrogens with zero attached hydrogens (tertiary/aromatic N) is 1. The number of fused-ring (bicyclic) bond motifs is 8. The van der Waals surface area contributed by atoms with Gasteiger partial charge in [-0.05, 0) is 102 Å². The molecule has 0 aliphatic heterocycles.